The van der Waals surface area contributed by atoms with Crippen LogP contribution in [0.2, 0.25) is 5.02 Å². The van der Waals surface area contributed by atoms with Crippen LogP contribution in [0.4, 0.5) is 5.69 Å². The third-order valence-corrected chi connectivity index (χ3v) is 5.92. The molecule has 0 bridgehead atoms. The van der Waals surface area contributed by atoms with Crippen molar-refractivity contribution in [1.82, 2.24) is 5.32 Å². The van der Waals surface area contributed by atoms with Gasteiger partial charge in [-0.05, 0) is 72.4 Å². The molecule has 3 aromatic rings. The van der Waals surface area contributed by atoms with Gasteiger partial charge in [-0.15, -0.1) is 0 Å². The van der Waals surface area contributed by atoms with Gasteiger partial charge in [-0.25, -0.2) is 4.79 Å². The van der Waals surface area contributed by atoms with E-state index in [-0.39, 0.29) is 11.6 Å². The first-order valence-electron chi connectivity index (χ1n) is 10.5. The number of aromatic carboxylic acids is 1. The Morgan fingerprint density at radius 3 is 2.62 bits per heavy atom. The van der Waals surface area contributed by atoms with E-state index in [0.29, 0.717) is 28.8 Å². The molecule has 0 amide bonds. The van der Waals surface area contributed by atoms with Crippen LogP contribution < -0.4 is 15.8 Å². The fraction of sp³-hybridized carbons (Fsp3) is 0.240. The van der Waals surface area contributed by atoms with E-state index in [0.717, 1.165) is 24.8 Å². The van der Waals surface area contributed by atoms with E-state index in [9.17, 15) is 15.0 Å². The number of anilines is 1. The SMILES string of the molecule is Nc1cc(Oc2ccc3c(c2)C[C@@H](NC[C@@H](O)c2ccc(Cl)cc2)CC3)cc(C(=O)O)c1. The third-order valence-electron chi connectivity index (χ3n) is 5.67. The number of benzene rings is 3. The highest BCUT2D eigenvalue weighted by Crippen LogP contribution is 2.30. The highest BCUT2D eigenvalue weighted by Gasteiger charge is 2.20. The molecular weight excluding hydrogens is 428 g/mol. The van der Waals surface area contributed by atoms with Crippen LogP contribution in [-0.2, 0) is 12.8 Å². The van der Waals surface area contributed by atoms with Crippen molar-refractivity contribution in [2.45, 2.75) is 31.4 Å². The maximum Gasteiger partial charge on any atom is 0.335 e. The van der Waals surface area contributed by atoms with Gasteiger partial charge < -0.3 is 26.0 Å². The van der Waals surface area contributed by atoms with Gasteiger partial charge in [0.25, 0.3) is 0 Å². The molecule has 0 aromatic heterocycles. The molecule has 2 atom stereocenters. The summed E-state index contributed by atoms with van der Waals surface area (Å²) in [7, 11) is 0. The van der Waals surface area contributed by atoms with Crippen LogP contribution in [0.5, 0.6) is 11.5 Å². The van der Waals surface area contributed by atoms with Crippen molar-refractivity contribution < 1.29 is 19.7 Å². The molecule has 0 aliphatic heterocycles. The summed E-state index contributed by atoms with van der Waals surface area (Å²) in [6.45, 7) is 0.457. The lowest BCUT2D eigenvalue weighted by molar-refractivity contribution is 0.0696. The molecule has 1 aliphatic rings. The van der Waals surface area contributed by atoms with E-state index in [4.69, 9.17) is 22.1 Å². The lowest BCUT2D eigenvalue weighted by atomic mass is 9.88. The number of ether oxygens (including phenoxy) is 1. The number of carboxylic acids is 1. The van der Waals surface area contributed by atoms with Gasteiger partial charge in [-0.1, -0.05) is 29.8 Å². The molecule has 32 heavy (non-hydrogen) atoms. The molecule has 1 aliphatic carbocycles. The van der Waals surface area contributed by atoms with E-state index >= 15 is 0 Å². The van der Waals surface area contributed by atoms with Crippen LogP contribution >= 0.6 is 11.6 Å². The number of carbonyl (C=O) groups is 1. The number of rotatable bonds is 7. The van der Waals surface area contributed by atoms with Crippen molar-refractivity contribution in [3.8, 4) is 11.5 Å². The number of carboxylic acid groups (broad SMARTS) is 1. The van der Waals surface area contributed by atoms with Gasteiger partial charge >= 0.3 is 5.97 Å². The Labute approximate surface area is 191 Å². The van der Waals surface area contributed by atoms with E-state index in [1.807, 2.05) is 30.3 Å². The summed E-state index contributed by atoms with van der Waals surface area (Å²) in [6, 6.07) is 17.9. The molecular formula is C25H25ClN2O4. The molecule has 0 saturated carbocycles. The van der Waals surface area contributed by atoms with Crippen molar-refractivity contribution in [3.63, 3.8) is 0 Å². The Bertz CT molecular complexity index is 1120. The van der Waals surface area contributed by atoms with Crippen LogP contribution in [0.1, 0.15) is 39.6 Å². The number of nitrogens with two attached hydrogens (primary N) is 1. The first-order chi connectivity index (χ1) is 15.4. The predicted molar refractivity (Wildman–Crippen MR) is 125 cm³/mol. The summed E-state index contributed by atoms with van der Waals surface area (Å²) in [4.78, 5) is 11.3. The van der Waals surface area contributed by atoms with E-state index < -0.39 is 12.1 Å². The third kappa shape index (κ3) is 5.40. The maximum absolute atomic E-state index is 11.3. The molecule has 5 N–H and O–H groups in total. The molecule has 0 fully saturated rings. The standard InChI is InChI=1S/C25H25ClN2O4/c26-19-5-1-16(2-6-19)24(29)14-28-21-7-3-15-4-8-22(11-17(15)10-21)32-23-12-18(25(30)31)9-20(27)13-23/h1-2,4-6,8-9,11-13,21,24,28-29H,3,7,10,14,27H2,(H,30,31)/t21-,24+/m0/s1. The normalized spacial score (nSPS) is 16.2. The van der Waals surface area contributed by atoms with Crippen molar-refractivity contribution >= 4 is 23.3 Å². The average Bonchev–Trinajstić information content (AvgIpc) is 2.77. The quantitative estimate of drug-likeness (QED) is 0.391. The summed E-state index contributed by atoms with van der Waals surface area (Å²) in [6.07, 6.45) is 2.14. The first kappa shape index (κ1) is 22.1. The van der Waals surface area contributed by atoms with Gasteiger partial charge in [0.05, 0.1) is 11.7 Å². The molecule has 0 heterocycles. The van der Waals surface area contributed by atoms with Crippen molar-refractivity contribution in [2.24, 2.45) is 0 Å². The van der Waals surface area contributed by atoms with Crippen LogP contribution in [0.15, 0.2) is 60.7 Å². The second kappa shape index (κ2) is 9.61. The molecule has 0 unspecified atom stereocenters. The lowest BCUT2D eigenvalue weighted by Crippen LogP contribution is -2.37. The fourth-order valence-electron chi connectivity index (χ4n) is 3.99. The average molecular weight is 453 g/mol. The fourth-order valence-corrected chi connectivity index (χ4v) is 4.12. The Hall–Kier alpha value is -3.06. The van der Waals surface area contributed by atoms with Gasteiger partial charge in [0.15, 0.2) is 0 Å². The van der Waals surface area contributed by atoms with Crippen molar-refractivity contribution in [1.29, 1.82) is 0 Å². The minimum absolute atomic E-state index is 0.0847. The monoisotopic (exact) mass is 452 g/mol. The Morgan fingerprint density at radius 2 is 1.88 bits per heavy atom. The number of aliphatic hydroxyl groups is 1. The highest BCUT2D eigenvalue weighted by atomic mass is 35.5. The van der Waals surface area contributed by atoms with Gasteiger partial charge in [-0.2, -0.15) is 0 Å². The smallest absolute Gasteiger partial charge is 0.335 e. The zero-order valence-electron chi connectivity index (χ0n) is 17.4. The number of nitrogens with one attached hydrogen (secondary N) is 1. The number of aliphatic hydroxyl groups excluding tert-OH is 1. The molecule has 0 radical (unpaired) electrons. The van der Waals surface area contributed by atoms with Crippen LogP contribution in [-0.4, -0.2) is 28.8 Å². The molecule has 3 aromatic carbocycles. The van der Waals surface area contributed by atoms with E-state index in [2.05, 4.69) is 5.32 Å². The highest BCUT2D eigenvalue weighted by molar-refractivity contribution is 6.30. The number of halogens is 1. The van der Waals surface area contributed by atoms with Crippen LogP contribution in [0, 0.1) is 0 Å². The topological polar surface area (TPSA) is 105 Å². The van der Waals surface area contributed by atoms with Crippen molar-refractivity contribution in [3.05, 3.63) is 87.9 Å². The van der Waals surface area contributed by atoms with E-state index in [1.54, 1.807) is 18.2 Å². The number of hydrogen-bond acceptors (Lipinski definition) is 5. The van der Waals surface area contributed by atoms with Crippen LogP contribution in [0.3, 0.4) is 0 Å². The Kier molecular flexibility index (Phi) is 6.65. The molecule has 7 heteroatoms. The minimum atomic E-state index is -1.05. The number of aryl methyl sites for hydroxylation is 1. The van der Waals surface area contributed by atoms with Gasteiger partial charge in [0.1, 0.15) is 11.5 Å². The summed E-state index contributed by atoms with van der Waals surface area (Å²) in [5.74, 6) is -0.0336. The number of fused-ring (bicyclic) bond motifs is 1. The second-order valence-corrected chi connectivity index (χ2v) is 8.48. The summed E-state index contributed by atoms with van der Waals surface area (Å²) >= 11 is 5.92. The van der Waals surface area contributed by atoms with Crippen LogP contribution in [0.25, 0.3) is 0 Å². The predicted octanol–water partition coefficient (Wildman–Crippen LogP) is 4.59. The van der Waals surface area contributed by atoms with Crippen molar-refractivity contribution in [2.75, 3.05) is 12.3 Å². The molecule has 6 nitrogen and oxygen atoms in total. The van der Waals surface area contributed by atoms with Gasteiger partial charge in [0.2, 0.25) is 0 Å². The molecule has 0 spiro atoms. The Balaban J connectivity index is 1.40. The largest absolute Gasteiger partial charge is 0.478 e. The molecule has 4 rings (SSSR count). The zero-order chi connectivity index (χ0) is 22.7. The molecule has 166 valence electrons. The minimum Gasteiger partial charge on any atom is -0.478 e. The number of nitrogen functional groups attached to an aromatic ring is 1. The summed E-state index contributed by atoms with van der Waals surface area (Å²) in [5, 5.41) is 23.8. The Morgan fingerprint density at radius 1 is 1.09 bits per heavy atom. The second-order valence-electron chi connectivity index (χ2n) is 8.04. The summed E-state index contributed by atoms with van der Waals surface area (Å²) in [5.41, 5.74) is 9.50. The molecule has 0 saturated heterocycles. The zero-order valence-corrected chi connectivity index (χ0v) is 18.2. The number of hydrogen-bond donors (Lipinski definition) is 4. The summed E-state index contributed by atoms with van der Waals surface area (Å²) < 4.78 is 5.90. The lowest BCUT2D eigenvalue weighted by Gasteiger charge is -2.27. The van der Waals surface area contributed by atoms with Gasteiger partial charge in [-0.3, -0.25) is 0 Å². The maximum atomic E-state index is 11.3. The first-order valence-corrected chi connectivity index (χ1v) is 10.9. The van der Waals surface area contributed by atoms with E-state index in [1.165, 1.54) is 23.3 Å². The van der Waals surface area contributed by atoms with Gasteiger partial charge in [0, 0.05) is 29.4 Å².